The number of aryl methyl sites for hydroxylation is 2. The molecule has 4 rings (SSSR count). The minimum Gasteiger partial charge on any atom is -0.370 e. The molecule has 0 atom stereocenters. The van der Waals surface area contributed by atoms with E-state index in [-0.39, 0.29) is 0 Å². The van der Waals surface area contributed by atoms with Crippen molar-refractivity contribution >= 4 is 11.9 Å². The molecule has 1 heterocycles. The van der Waals surface area contributed by atoms with Crippen LogP contribution in [0.5, 0.6) is 0 Å². The van der Waals surface area contributed by atoms with Crippen LogP contribution in [-0.4, -0.2) is 15.9 Å². The van der Waals surface area contributed by atoms with Crippen molar-refractivity contribution in [3.63, 3.8) is 0 Å². The zero-order valence-corrected chi connectivity index (χ0v) is 16.2. The molecule has 0 saturated carbocycles. The maximum Gasteiger partial charge on any atom is 0.229 e. The van der Waals surface area contributed by atoms with Gasteiger partial charge in [-0.3, -0.25) is 5.32 Å². The third-order valence-electron chi connectivity index (χ3n) is 5.12. The minimum atomic E-state index is 0.335. The Kier molecular flexibility index (Phi) is 5.33. The molecule has 2 aromatic carbocycles. The lowest BCUT2D eigenvalue weighted by Gasteiger charge is -2.17. The average Bonchev–Trinajstić information content (AvgIpc) is 2.73. The molecular weight excluding hydrogens is 346 g/mol. The summed E-state index contributed by atoms with van der Waals surface area (Å²) in [5.74, 6) is 0.876. The molecule has 1 aliphatic carbocycles. The normalized spacial score (nSPS) is 13.8. The fraction of sp³-hybridized carbons (Fsp3) is 0.261. The molecule has 0 amide bonds. The number of guanidine groups is 1. The molecule has 0 bridgehead atoms. The summed E-state index contributed by atoms with van der Waals surface area (Å²) in [4.78, 5) is 13.6. The second kappa shape index (κ2) is 8.21. The highest BCUT2D eigenvalue weighted by molar-refractivity contribution is 5.90. The lowest BCUT2D eigenvalue weighted by molar-refractivity contribution is 0.658. The Morgan fingerprint density at radius 3 is 2.46 bits per heavy atom. The summed E-state index contributed by atoms with van der Waals surface area (Å²) >= 11 is 0. The first-order valence-electron chi connectivity index (χ1n) is 9.77. The molecule has 0 fully saturated rings. The predicted octanol–water partition coefficient (Wildman–Crippen LogP) is 4.26. The zero-order valence-electron chi connectivity index (χ0n) is 16.2. The van der Waals surface area contributed by atoms with E-state index in [1.54, 1.807) is 0 Å². The van der Waals surface area contributed by atoms with Gasteiger partial charge in [-0.05, 0) is 54.9 Å². The molecule has 0 spiro atoms. The van der Waals surface area contributed by atoms with E-state index in [2.05, 4.69) is 56.7 Å². The number of aliphatic imine (C=N–C) groups is 1. The van der Waals surface area contributed by atoms with E-state index in [0.717, 1.165) is 29.8 Å². The van der Waals surface area contributed by atoms with Gasteiger partial charge in [-0.2, -0.15) is 0 Å². The molecule has 1 aromatic heterocycles. The fourth-order valence-corrected chi connectivity index (χ4v) is 3.60. The van der Waals surface area contributed by atoms with E-state index in [1.165, 1.54) is 29.5 Å². The summed E-state index contributed by atoms with van der Waals surface area (Å²) in [7, 11) is 0. The van der Waals surface area contributed by atoms with Crippen molar-refractivity contribution in [2.75, 3.05) is 5.32 Å². The van der Waals surface area contributed by atoms with Gasteiger partial charge in [-0.1, -0.05) is 54.6 Å². The number of fused-ring (bicyclic) bond motifs is 1. The van der Waals surface area contributed by atoms with Gasteiger partial charge in [0.15, 0.2) is 5.96 Å². The highest BCUT2D eigenvalue weighted by atomic mass is 15.2. The van der Waals surface area contributed by atoms with Gasteiger partial charge < -0.3 is 5.73 Å². The Morgan fingerprint density at radius 1 is 0.964 bits per heavy atom. The first kappa shape index (κ1) is 18.2. The molecule has 1 aliphatic rings. The van der Waals surface area contributed by atoms with Crippen molar-refractivity contribution < 1.29 is 0 Å². The van der Waals surface area contributed by atoms with Crippen LogP contribution in [0.15, 0.2) is 59.6 Å². The largest absolute Gasteiger partial charge is 0.370 e. The van der Waals surface area contributed by atoms with Crippen molar-refractivity contribution in [2.24, 2.45) is 10.7 Å². The molecule has 3 aromatic rings. The van der Waals surface area contributed by atoms with Crippen molar-refractivity contribution in [1.82, 2.24) is 9.97 Å². The summed E-state index contributed by atoms with van der Waals surface area (Å²) in [5.41, 5.74) is 13.0. The van der Waals surface area contributed by atoms with Gasteiger partial charge in [0.1, 0.15) is 0 Å². The number of aromatic nitrogens is 2. The summed E-state index contributed by atoms with van der Waals surface area (Å²) in [5, 5.41) is 3.05. The lowest BCUT2D eigenvalue weighted by Crippen LogP contribution is -2.25. The van der Waals surface area contributed by atoms with Crippen LogP contribution in [-0.2, 0) is 19.4 Å². The van der Waals surface area contributed by atoms with Crippen LogP contribution < -0.4 is 11.1 Å². The van der Waals surface area contributed by atoms with Gasteiger partial charge >= 0.3 is 0 Å². The molecule has 0 aliphatic heterocycles. The van der Waals surface area contributed by atoms with E-state index < -0.39 is 0 Å². The van der Waals surface area contributed by atoms with Gasteiger partial charge in [0, 0.05) is 11.4 Å². The Morgan fingerprint density at radius 2 is 1.68 bits per heavy atom. The highest BCUT2D eigenvalue weighted by Crippen LogP contribution is 2.23. The summed E-state index contributed by atoms with van der Waals surface area (Å²) in [6.07, 6.45) is 4.49. The number of nitrogens with one attached hydrogen (secondary N) is 1. The van der Waals surface area contributed by atoms with E-state index in [1.807, 2.05) is 25.1 Å². The van der Waals surface area contributed by atoms with Crippen LogP contribution in [0.1, 0.15) is 35.4 Å². The fourth-order valence-electron chi connectivity index (χ4n) is 3.60. The number of nitrogens with zero attached hydrogens (tertiary/aromatic N) is 3. The van der Waals surface area contributed by atoms with Crippen molar-refractivity contribution in [1.29, 1.82) is 0 Å². The van der Waals surface area contributed by atoms with E-state index in [9.17, 15) is 0 Å². The third kappa shape index (κ3) is 4.19. The van der Waals surface area contributed by atoms with E-state index in [0.29, 0.717) is 18.5 Å². The summed E-state index contributed by atoms with van der Waals surface area (Å²) < 4.78 is 0. The van der Waals surface area contributed by atoms with Gasteiger partial charge in [-0.15, -0.1) is 0 Å². The first-order valence-corrected chi connectivity index (χ1v) is 9.77. The van der Waals surface area contributed by atoms with E-state index in [4.69, 9.17) is 5.73 Å². The number of nitrogens with two attached hydrogens (primary N) is 1. The minimum absolute atomic E-state index is 0.335. The molecule has 5 heteroatoms. The highest BCUT2D eigenvalue weighted by Gasteiger charge is 2.15. The molecule has 3 N–H and O–H groups in total. The monoisotopic (exact) mass is 371 g/mol. The van der Waals surface area contributed by atoms with Crippen LogP contribution >= 0.6 is 0 Å². The number of benzene rings is 2. The molecule has 0 radical (unpaired) electrons. The average molecular weight is 371 g/mol. The quantitative estimate of drug-likeness (QED) is 0.531. The van der Waals surface area contributed by atoms with Crippen LogP contribution in [0.25, 0.3) is 11.1 Å². The second-order valence-electron chi connectivity index (χ2n) is 7.15. The molecule has 142 valence electrons. The number of rotatable bonds is 4. The topological polar surface area (TPSA) is 76.2 Å². The van der Waals surface area contributed by atoms with Crippen LogP contribution in [0.4, 0.5) is 5.95 Å². The molecule has 0 saturated heterocycles. The lowest BCUT2D eigenvalue weighted by atomic mass is 9.95. The van der Waals surface area contributed by atoms with Crippen LogP contribution in [0.2, 0.25) is 0 Å². The maximum atomic E-state index is 6.06. The summed E-state index contributed by atoms with van der Waals surface area (Å²) in [6.45, 7) is 2.55. The van der Waals surface area contributed by atoms with Gasteiger partial charge in [0.05, 0.1) is 6.54 Å². The van der Waals surface area contributed by atoms with Gasteiger partial charge in [0.2, 0.25) is 5.95 Å². The third-order valence-corrected chi connectivity index (χ3v) is 5.12. The Hall–Kier alpha value is -3.21. The standard InChI is InChI=1S/C23H25N5/c1-16-20-9-5-6-10-21(20)27-23(26-16)28-22(24)25-15-17-11-13-19(14-12-17)18-7-3-2-4-8-18/h2-4,7-8,11-14H,5-6,9-10,15H2,1H3,(H3,24,25,26,27,28). The van der Waals surface area contributed by atoms with E-state index >= 15 is 0 Å². The zero-order chi connectivity index (χ0) is 19.3. The first-order chi connectivity index (χ1) is 13.7. The Labute approximate surface area is 165 Å². The van der Waals surface area contributed by atoms with Crippen LogP contribution in [0.3, 0.4) is 0 Å². The molecular formula is C23H25N5. The van der Waals surface area contributed by atoms with Gasteiger partial charge in [0.25, 0.3) is 0 Å². The Balaban J connectivity index is 1.42. The molecule has 28 heavy (non-hydrogen) atoms. The van der Waals surface area contributed by atoms with Crippen molar-refractivity contribution in [2.45, 2.75) is 39.2 Å². The van der Waals surface area contributed by atoms with Crippen molar-refractivity contribution in [3.8, 4) is 11.1 Å². The Bertz CT molecular complexity index is 978. The second-order valence-corrected chi connectivity index (χ2v) is 7.15. The van der Waals surface area contributed by atoms with Crippen molar-refractivity contribution in [3.05, 3.63) is 77.1 Å². The maximum absolute atomic E-state index is 6.06. The molecule has 0 unspecified atom stereocenters. The van der Waals surface area contributed by atoms with Crippen LogP contribution in [0, 0.1) is 6.92 Å². The number of hydrogen-bond acceptors (Lipinski definition) is 3. The molecule has 5 nitrogen and oxygen atoms in total. The smallest absolute Gasteiger partial charge is 0.229 e. The SMILES string of the molecule is Cc1nc(NC(N)=NCc2ccc(-c3ccccc3)cc2)nc2c1CCCC2. The predicted molar refractivity (Wildman–Crippen MR) is 114 cm³/mol. The van der Waals surface area contributed by atoms with Gasteiger partial charge in [-0.25, -0.2) is 15.0 Å². The summed E-state index contributed by atoms with van der Waals surface area (Å²) in [6, 6.07) is 18.7. The number of anilines is 1. The number of hydrogen-bond donors (Lipinski definition) is 2.